The Kier molecular flexibility index (Phi) is 7.74. The average Bonchev–Trinajstić information content (AvgIpc) is 3.12. The second-order valence-corrected chi connectivity index (χ2v) is 8.69. The molecule has 3 rings (SSSR count). The van der Waals surface area contributed by atoms with Crippen LogP contribution in [0.1, 0.15) is 23.0 Å². The summed E-state index contributed by atoms with van der Waals surface area (Å²) in [6, 6.07) is 8.56. The second-order valence-electron chi connectivity index (χ2n) is 6.06. The van der Waals surface area contributed by atoms with Crippen LogP contribution in [0.2, 0.25) is 0 Å². The third-order valence-corrected chi connectivity index (χ3v) is 5.45. The molecule has 2 N–H and O–H groups in total. The van der Waals surface area contributed by atoms with Gasteiger partial charge in [0.05, 0.1) is 21.8 Å². The first-order valence-corrected chi connectivity index (χ1v) is 11.2. The number of halogens is 3. The van der Waals surface area contributed by atoms with E-state index in [-0.39, 0.29) is 11.5 Å². The van der Waals surface area contributed by atoms with Gasteiger partial charge in [0.1, 0.15) is 5.58 Å². The van der Waals surface area contributed by atoms with Crippen molar-refractivity contribution in [3.05, 3.63) is 55.1 Å². The van der Waals surface area contributed by atoms with Crippen LogP contribution in [-0.4, -0.2) is 36.4 Å². The van der Waals surface area contributed by atoms with E-state index >= 15 is 0 Å². The largest absolute Gasteiger partial charge is 0.490 e. The molecule has 0 aliphatic heterocycles. The molecule has 0 radical (unpaired) electrons. The lowest BCUT2D eigenvalue weighted by atomic mass is 10.2. The molecule has 0 saturated heterocycles. The van der Waals surface area contributed by atoms with Gasteiger partial charge in [0, 0.05) is 9.86 Å². The number of hydrogen-bond acceptors (Lipinski definition) is 6. The number of benzene rings is 2. The minimum absolute atomic E-state index is 0.111. The first-order valence-electron chi connectivity index (χ1n) is 8.81. The summed E-state index contributed by atoms with van der Waals surface area (Å²) < 4.78 is 18.5. The summed E-state index contributed by atoms with van der Waals surface area (Å²) in [6.45, 7) is 1.64. The topological polar surface area (TPSA) is 110 Å². The van der Waals surface area contributed by atoms with Gasteiger partial charge in [-0.3, -0.25) is 4.79 Å². The number of ether oxygens (including phenoxy) is 2. The van der Waals surface area contributed by atoms with Crippen LogP contribution >= 0.6 is 47.8 Å². The maximum absolute atomic E-state index is 12.4. The number of nitrogens with one attached hydrogen (secondary N) is 1. The number of carboxylic acids is 1. The molecule has 1 aromatic heterocycles. The molecule has 1 heterocycles. The number of nitrogens with zero attached hydrogens (tertiary/aromatic N) is 1. The summed E-state index contributed by atoms with van der Waals surface area (Å²) in [4.78, 5) is 23.2. The number of carbonyl (C=O) groups excluding carboxylic acids is 1. The van der Waals surface area contributed by atoms with Crippen LogP contribution in [0.5, 0.6) is 11.5 Å². The van der Waals surface area contributed by atoms with Crippen LogP contribution in [0.25, 0.3) is 11.0 Å². The van der Waals surface area contributed by atoms with Crippen molar-refractivity contribution < 1.29 is 28.6 Å². The molecule has 0 spiro atoms. The van der Waals surface area contributed by atoms with Crippen LogP contribution in [0, 0.1) is 0 Å². The molecule has 2 aromatic carbocycles. The molecular formula is C20H15Br3N2O6. The van der Waals surface area contributed by atoms with Crippen molar-refractivity contribution in [2.24, 2.45) is 5.10 Å². The minimum Gasteiger partial charge on any atom is -0.490 e. The number of hydrazone groups is 1. The Labute approximate surface area is 202 Å². The number of furan rings is 1. The van der Waals surface area contributed by atoms with Gasteiger partial charge in [-0.1, -0.05) is 15.9 Å². The van der Waals surface area contributed by atoms with E-state index in [1.54, 1.807) is 25.1 Å². The van der Waals surface area contributed by atoms with E-state index in [1.165, 1.54) is 6.21 Å². The van der Waals surface area contributed by atoms with Crippen molar-refractivity contribution in [2.45, 2.75) is 6.92 Å². The Morgan fingerprint density at radius 1 is 1.13 bits per heavy atom. The van der Waals surface area contributed by atoms with Crippen LogP contribution in [0.4, 0.5) is 0 Å². The Morgan fingerprint density at radius 2 is 1.90 bits per heavy atom. The van der Waals surface area contributed by atoms with Gasteiger partial charge in [-0.15, -0.1) is 0 Å². The van der Waals surface area contributed by atoms with Crippen molar-refractivity contribution in [3.8, 4) is 11.5 Å². The third kappa shape index (κ3) is 5.86. The van der Waals surface area contributed by atoms with E-state index in [1.807, 2.05) is 12.1 Å². The number of amides is 1. The van der Waals surface area contributed by atoms with Crippen LogP contribution in [0.15, 0.2) is 53.3 Å². The van der Waals surface area contributed by atoms with Crippen molar-refractivity contribution in [2.75, 3.05) is 13.2 Å². The van der Waals surface area contributed by atoms with Crippen LogP contribution < -0.4 is 14.9 Å². The van der Waals surface area contributed by atoms with Crippen LogP contribution in [0.3, 0.4) is 0 Å². The molecule has 31 heavy (non-hydrogen) atoms. The highest BCUT2D eigenvalue weighted by Gasteiger charge is 2.15. The van der Waals surface area contributed by atoms with Gasteiger partial charge >= 0.3 is 11.9 Å². The quantitative estimate of drug-likeness (QED) is 0.260. The fraction of sp³-hybridized carbons (Fsp3) is 0.150. The number of aliphatic carboxylic acids is 1. The zero-order chi connectivity index (χ0) is 22.5. The minimum atomic E-state index is -1.10. The molecule has 0 atom stereocenters. The average molecular weight is 619 g/mol. The lowest BCUT2D eigenvalue weighted by molar-refractivity contribution is -0.139. The van der Waals surface area contributed by atoms with Gasteiger partial charge in [-0.05, 0) is 74.7 Å². The molecular weight excluding hydrogens is 604 g/mol. The number of fused-ring (bicyclic) bond motifs is 1. The van der Waals surface area contributed by atoms with Crippen molar-refractivity contribution in [1.82, 2.24) is 5.43 Å². The molecule has 0 aliphatic rings. The van der Waals surface area contributed by atoms with Gasteiger partial charge in [-0.2, -0.15) is 5.10 Å². The summed E-state index contributed by atoms with van der Waals surface area (Å²) in [7, 11) is 0. The molecule has 0 bridgehead atoms. The van der Waals surface area contributed by atoms with Gasteiger partial charge < -0.3 is 19.0 Å². The standard InChI is InChI=1S/C20H15Br3N2O6/c1-2-29-15-4-10(3-13(22)19(15)30-9-17(26)27)8-24-25-20(28)16-6-11-5-12(21)7-14(23)18(11)31-16/h3-8H,2,9H2,1H3,(H,25,28)(H,26,27)/b24-8-. The van der Waals surface area contributed by atoms with Gasteiger partial charge in [-0.25, -0.2) is 10.2 Å². The normalized spacial score (nSPS) is 11.1. The molecule has 1 amide bonds. The maximum Gasteiger partial charge on any atom is 0.341 e. The Morgan fingerprint density at radius 3 is 2.61 bits per heavy atom. The smallest absolute Gasteiger partial charge is 0.341 e. The summed E-state index contributed by atoms with van der Waals surface area (Å²) in [5.41, 5.74) is 3.56. The fourth-order valence-corrected chi connectivity index (χ4v) is 4.52. The predicted octanol–water partition coefficient (Wildman–Crippen LogP) is 5.35. The van der Waals surface area contributed by atoms with E-state index in [0.717, 1.165) is 14.3 Å². The molecule has 11 heteroatoms. The highest BCUT2D eigenvalue weighted by Crippen LogP contribution is 2.36. The van der Waals surface area contributed by atoms with Crippen molar-refractivity contribution >= 4 is 76.9 Å². The van der Waals surface area contributed by atoms with E-state index in [0.29, 0.717) is 28.0 Å². The lowest BCUT2D eigenvalue weighted by Gasteiger charge is -2.13. The number of rotatable bonds is 8. The fourth-order valence-electron chi connectivity index (χ4n) is 2.61. The highest BCUT2D eigenvalue weighted by atomic mass is 79.9. The molecule has 0 fully saturated rings. The molecule has 162 valence electrons. The van der Waals surface area contributed by atoms with E-state index in [2.05, 4.69) is 58.3 Å². The summed E-state index contributed by atoms with van der Waals surface area (Å²) >= 11 is 10.1. The maximum atomic E-state index is 12.4. The number of carboxylic acid groups (broad SMARTS) is 1. The first-order chi connectivity index (χ1) is 14.8. The van der Waals surface area contributed by atoms with Gasteiger partial charge in [0.25, 0.3) is 0 Å². The summed E-state index contributed by atoms with van der Waals surface area (Å²) in [6.07, 6.45) is 1.42. The molecule has 0 saturated carbocycles. The monoisotopic (exact) mass is 616 g/mol. The van der Waals surface area contributed by atoms with Crippen molar-refractivity contribution in [3.63, 3.8) is 0 Å². The highest BCUT2D eigenvalue weighted by molar-refractivity contribution is 9.11. The molecule has 3 aromatic rings. The molecule has 8 nitrogen and oxygen atoms in total. The molecule has 0 unspecified atom stereocenters. The third-order valence-electron chi connectivity index (χ3n) is 3.81. The second kappa shape index (κ2) is 10.3. The van der Waals surface area contributed by atoms with Gasteiger partial charge in [0.2, 0.25) is 0 Å². The zero-order valence-corrected chi connectivity index (χ0v) is 20.7. The van der Waals surface area contributed by atoms with E-state index in [4.69, 9.17) is 19.0 Å². The lowest BCUT2D eigenvalue weighted by Crippen LogP contribution is -2.16. The number of hydrogen-bond donors (Lipinski definition) is 2. The summed E-state index contributed by atoms with van der Waals surface area (Å²) in [5.74, 6) is -0.892. The SMILES string of the molecule is CCOc1cc(/C=N\NC(=O)c2cc3cc(Br)cc(Br)c3o2)cc(Br)c1OCC(=O)O. The molecule has 0 aliphatic carbocycles. The predicted molar refractivity (Wildman–Crippen MR) is 125 cm³/mol. The van der Waals surface area contributed by atoms with Gasteiger partial charge in [0.15, 0.2) is 23.9 Å². The zero-order valence-electron chi connectivity index (χ0n) is 15.9. The van der Waals surface area contributed by atoms with Crippen molar-refractivity contribution in [1.29, 1.82) is 0 Å². The Hall–Kier alpha value is -2.37. The number of carbonyl (C=O) groups is 2. The van der Waals surface area contributed by atoms with Crippen LogP contribution in [-0.2, 0) is 4.79 Å². The van der Waals surface area contributed by atoms with E-state index in [9.17, 15) is 9.59 Å². The first kappa shape index (κ1) is 23.3. The Bertz CT molecular complexity index is 1180. The summed E-state index contributed by atoms with van der Waals surface area (Å²) in [5, 5.41) is 13.5. The van der Waals surface area contributed by atoms with E-state index < -0.39 is 18.5 Å². The Balaban J connectivity index is 1.76.